The Labute approximate surface area is 626 Å². The van der Waals surface area contributed by atoms with Gasteiger partial charge in [-0.1, -0.05) is 54.6 Å². The molecule has 42 heteroatoms. The predicted molar refractivity (Wildman–Crippen MR) is 380 cm³/mol. The Kier molecular flexibility index (Phi) is 37.0. The first-order valence-corrected chi connectivity index (χ1v) is 34.6. The number of aliphatic hydroxyl groups excluding tert-OH is 1. The summed E-state index contributed by atoms with van der Waals surface area (Å²) < 4.78 is 0. The lowest BCUT2D eigenvalue weighted by Crippen LogP contribution is -2.61. The Bertz CT molecular complexity index is 3730. The molecule has 1 saturated heterocycles. The number of aliphatic carboxylic acids is 4. The topological polar surface area (TPSA) is 635 Å². The molecule has 1 heterocycles. The molecule has 0 radical (unpaired) electrons. The highest BCUT2D eigenvalue weighted by Crippen LogP contribution is 2.22. The van der Waals surface area contributed by atoms with E-state index in [1.165, 1.54) is 55.5 Å². The van der Waals surface area contributed by atoms with E-state index in [9.17, 15) is 122 Å². The lowest BCUT2D eigenvalue weighted by molar-refractivity contribution is -0.144. The summed E-state index contributed by atoms with van der Waals surface area (Å²) in [4.78, 5) is 238. The molecule has 0 aliphatic carbocycles. The van der Waals surface area contributed by atoms with E-state index in [0.717, 1.165) is 4.90 Å². The van der Waals surface area contributed by atoms with Gasteiger partial charge in [-0.15, -0.1) is 0 Å². The van der Waals surface area contributed by atoms with Crippen LogP contribution in [0.3, 0.4) is 0 Å². The number of carbonyl (C=O) groups excluding carboxylic acids is 14. The molecule has 1 fully saturated rings. The average Bonchev–Trinajstić information content (AvgIpc) is 1.61. The molecular weight excluding hydrogens is 1470 g/mol. The molecule has 108 heavy (non-hydrogen) atoms. The summed E-state index contributed by atoms with van der Waals surface area (Å²) in [6.45, 7) is -2.67. The number of phenols is 2. The van der Waals surface area contributed by atoms with Crippen LogP contribution in [-0.4, -0.2) is 265 Å². The van der Waals surface area contributed by atoms with E-state index < -0.39 is 244 Å². The Balaban J connectivity index is 1.48. The lowest BCUT2D eigenvalue weighted by Gasteiger charge is -2.31. The predicted octanol–water partition coefficient (Wildman–Crippen LogP) is -7.57. The van der Waals surface area contributed by atoms with Crippen molar-refractivity contribution >= 4 is 132 Å². The summed E-state index contributed by atoms with van der Waals surface area (Å²) >= 11 is 8.33. The minimum atomic E-state index is -2.10. The van der Waals surface area contributed by atoms with Gasteiger partial charge in [-0.25, -0.2) is 4.79 Å². The number of hydrogen-bond donors (Lipinski definition) is 23. The van der Waals surface area contributed by atoms with Crippen LogP contribution in [0.15, 0.2) is 78.9 Å². The molecule has 0 aromatic heterocycles. The first kappa shape index (κ1) is 88.7. The first-order chi connectivity index (χ1) is 51.1. The number of benzene rings is 3. The van der Waals surface area contributed by atoms with E-state index in [1.807, 2.05) is 0 Å². The van der Waals surface area contributed by atoms with Gasteiger partial charge in [0.2, 0.25) is 82.7 Å². The number of aromatic hydroxyl groups is 2. The fraction of sp³-hybridized carbons (Fsp3) is 0.455. The van der Waals surface area contributed by atoms with Crippen LogP contribution in [0, 0.1) is 0 Å². The van der Waals surface area contributed by atoms with Crippen LogP contribution in [0.4, 0.5) is 0 Å². The number of carboxylic acid groups (broad SMARTS) is 4. The standard InChI is InChI=1S/C66H87N15O25S2/c1-33(56(95)79-46(31-107)63(102)78-44(66(105)106)24-36-11-15-38(84)16-12-36)71-51(87)29-70-57(96)39(17-19-53(89)90)73-58(97)40(18-20-54(91)92)74-60(99)42(25-55(93)94)76-64(103)48-8-5-21-81(48)65(104)43(23-34-6-3-2-4-7-34)77-62(101)47(32-108)80-59(98)41(22-35-9-13-37(83)14-10-35)75-61(100)45(30-82)72-52(88)28-69-50(86)27-68-49(85)26-67/h2-4,6-7,9-16,33,39-48,82-84,107-108H,5,8,17-32,67H2,1H3,(H,68,85)(H,69,86)(H,70,96)(H,71,87)(H,72,88)(H,73,97)(H,74,99)(H,75,100)(H,76,103)(H,77,101)(H,78,102)(H,79,95)(H,80,98)(H,89,90)(H,91,92)(H,93,94)(H,105,106)/t33-,39-,40-,41-,42-,43-,44-,45-,46-,47-,48-/m0/s1. The van der Waals surface area contributed by atoms with E-state index in [1.54, 1.807) is 30.3 Å². The lowest BCUT2D eigenvalue weighted by atomic mass is 10.0. The average molecular weight is 1550 g/mol. The van der Waals surface area contributed by atoms with Crippen LogP contribution in [-0.2, 0) is 106 Å². The van der Waals surface area contributed by atoms with Gasteiger partial charge >= 0.3 is 23.9 Å². The van der Waals surface area contributed by atoms with Crippen molar-refractivity contribution in [1.82, 2.24) is 74.0 Å². The van der Waals surface area contributed by atoms with Gasteiger partial charge in [0.1, 0.15) is 78.0 Å². The van der Waals surface area contributed by atoms with Gasteiger partial charge < -0.3 is 115 Å². The summed E-state index contributed by atoms with van der Waals surface area (Å²) in [5.41, 5.74) is 6.42. The third-order valence-corrected chi connectivity index (χ3v) is 16.8. The second kappa shape index (κ2) is 45.0. The van der Waals surface area contributed by atoms with E-state index in [2.05, 4.69) is 94.4 Å². The number of thiol groups is 2. The van der Waals surface area contributed by atoms with Crippen LogP contribution in [0.1, 0.15) is 68.6 Å². The maximum absolute atomic E-state index is 14.8. The number of amides is 14. The number of aliphatic hydroxyl groups is 1. The van der Waals surface area contributed by atoms with E-state index >= 15 is 0 Å². The van der Waals surface area contributed by atoms with Crippen LogP contribution in [0.5, 0.6) is 11.5 Å². The summed E-state index contributed by atoms with van der Waals surface area (Å²) in [5.74, 6) is -22.0. The van der Waals surface area contributed by atoms with Crippen molar-refractivity contribution in [2.75, 3.05) is 50.8 Å². The van der Waals surface area contributed by atoms with Crippen molar-refractivity contribution in [1.29, 1.82) is 0 Å². The maximum atomic E-state index is 14.8. The third kappa shape index (κ3) is 30.8. The molecule has 0 bridgehead atoms. The molecule has 0 saturated carbocycles. The van der Waals surface area contributed by atoms with Crippen LogP contribution < -0.4 is 74.9 Å². The molecule has 14 amide bonds. The second-order valence-electron chi connectivity index (χ2n) is 24.3. The number of likely N-dealkylation sites (tertiary alicyclic amines) is 1. The van der Waals surface area contributed by atoms with Crippen molar-refractivity contribution in [3.05, 3.63) is 95.6 Å². The summed E-state index contributed by atoms with van der Waals surface area (Å²) in [6.07, 6.45) is -5.21. The monoisotopic (exact) mass is 1550 g/mol. The second-order valence-corrected chi connectivity index (χ2v) is 25.1. The highest BCUT2D eigenvalue weighted by atomic mass is 32.1. The number of phenolic OH excluding ortho intramolecular Hbond substituents is 2. The van der Waals surface area contributed by atoms with E-state index in [4.69, 9.17) is 5.73 Å². The third-order valence-electron chi connectivity index (χ3n) is 16.0. The SMILES string of the molecule is C[C@H](NC(=O)CNC(=O)[C@H](CCC(=O)O)NC(=O)[C@H](CCC(=O)O)NC(=O)[C@H](CC(=O)O)NC(=O)[C@@H]1CCCN1C(=O)[C@H](Cc1ccccc1)NC(=O)[C@H](CS)NC(=O)[C@H](Cc1ccc(O)cc1)NC(=O)[C@H](CO)NC(=O)CNC(=O)CNC(=O)CN)C(=O)N[C@@H](CS)C(=O)N[C@@H](Cc1ccc(O)cc1)C(=O)O. The molecule has 11 atom stereocenters. The molecule has 1 aliphatic rings. The number of nitrogens with two attached hydrogens (primary N) is 1. The largest absolute Gasteiger partial charge is 0.508 e. The molecule has 4 rings (SSSR count). The van der Waals surface area contributed by atoms with Crippen LogP contribution >= 0.6 is 25.3 Å². The fourth-order valence-electron chi connectivity index (χ4n) is 10.3. The zero-order valence-corrected chi connectivity index (χ0v) is 59.8. The first-order valence-electron chi connectivity index (χ1n) is 33.3. The van der Waals surface area contributed by atoms with E-state index in [-0.39, 0.29) is 55.9 Å². The zero-order chi connectivity index (χ0) is 80.3. The Morgan fingerprint density at radius 1 is 0.444 bits per heavy atom. The van der Waals surface area contributed by atoms with Crippen molar-refractivity contribution in [3.8, 4) is 11.5 Å². The molecule has 3 aromatic carbocycles. The molecule has 22 N–H and O–H groups in total. The van der Waals surface area contributed by atoms with Gasteiger partial charge in [0, 0.05) is 50.2 Å². The van der Waals surface area contributed by atoms with Gasteiger partial charge in [0.05, 0.1) is 39.2 Å². The van der Waals surface area contributed by atoms with Gasteiger partial charge in [0.15, 0.2) is 0 Å². The normalized spacial score (nSPS) is 15.0. The van der Waals surface area contributed by atoms with Gasteiger partial charge in [-0.05, 0) is 73.6 Å². The molecule has 0 spiro atoms. The number of carboxylic acids is 4. The molecule has 588 valence electrons. The molecule has 3 aromatic rings. The number of nitrogens with one attached hydrogen (secondary N) is 13. The van der Waals surface area contributed by atoms with Crippen molar-refractivity contribution in [3.63, 3.8) is 0 Å². The number of rotatable bonds is 45. The smallest absolute Gasteiger partial charge is 0.326 e. The minimum Gasteiger partial charge on any atom is -0.508 e. The quantitative estimate of drug-likeness (QED) is 0.0234. The highest BCUT2D eigenvalue weighted by molar-refractivity contribution is 7.80. The molecule has 1 aliphatic heterocycles. The number of nitrogens with zero attached hydrogens (tertiary/aromatic N) is 1. The van der Waals surface area contributed by atoms with Gasteiger partial charge in [-0.2, -0.15) is 25.3 Å². The minimum absolute atomic E-state index is 0.0906. The van der Waals surface area contributed by atoms with Crippen molar-refractivity contribution in [2.24, 2.45) is 5.73 Å². The Morgan fingerprint density at radius 2 is 0.861 bits per heavy atom. The molecular formula is C66H87N15O25S2. The Hall–Kier alpha value is -11.7. The molecule has 40 nitrogen and oxygen atoms in total. The van der Waals surface area contributed by atoms with E-state index in [0.29, 0.717) is 16.7 Å². The maximum Gasteiger partial charge on any atom is 0.326 e. The number of hydrogen-bond acceptors (Lipinski definition) is 24. The summed E-state index contributed by atoms with van der Waals surface area (Å²) in [6, 6.07) is 0.503. The van der Waals surface area contributed by atoms with Gasteiger partial charge in [0.25, 0.3) is 0 Å². The summed E-state index contributed by atoms with van der Waals surface area (Å²) in [5, 5.41) is 98.0. The van der Waals surface area contributed by atoms with Crippen LogP contribution in [0.2, 0.25) is 0 Å². The fourth-order valence-corrected chi connectivity index (χ4v) is 10.8. The highest BCUT2D eigenvalue weighted by Gasteiger charge is 2.41. The van der Waals surface area contributed by atoms with Crippen molar-refractivity contribution in [2.45, 2.75) is 138 Å². The van der Waals surface area contributed by atoms with Gasteiger partial charge in [-0.3, -0.25) is 81.5 Å². The van der Waals surface area contributed by atoms with Crippen molar-refractivity contribution < 1.29 is 122 Å². The zero-order valence-electron chi connectivity index (χ0n) is 58.0. The van der Waals surface area contributed by atoms with Crippen LogP contribution in [0.25, 0.3) is 0 Å². The number of carbonyl (C=O) groups is 18. The Morgan fingerprint density at radius 3 is 1.38 bits per heavy atom. The molecule has 0 unspecified atom stereocenters. The summed E-state index contributed by atoms with van der Waals surface area (Å²) in [7, 11) is 0.